The Kier molecular flexibility index (Phi) is 4.17. The van der Waals surface area contributed by atoms with E-state index in [-0.39, 0.29) is 10.8 Å². The quantitative estimate of drug-likeness (QED) is 0.501. The molecule has 0 amide bonds. The van der Waals surface area contributed by atoms with Gasteiger partial charge in [0.15, 0.2) is 5.16 Å². The summed E-state index contributed by atoms with van der Waals surface area (Å²) in [5.74, 6) is -0.126. The lowest BCUT2D eigenvalue weighted by molar-refractivity contribution is 0.445. The molecule has 2 aromatic heterocycles. The number of aromatic amines is 2. The van der Waals surface area contributed by atoms with E-state index in [1.54, 1.807) is 0 Å². The third-order valence-electron chi connectivity index (χ3n) is 3.58. The first kappa shape index (κ1) is 15.7. The van der Waals surface area contributed by atoms with Crippen LogP contribution in [0.5, 0.6) is 5.88 Å². The maximum Gasteiger partial charge on any atom is 0.308 e. The summed E-state index contributed by atoms with van der Waals surface area (Å²) in [5.41, 5.74) is 3.75. The van der Waals surface area contributed by atoms with E-state index in [0.717, 1.165) is 33.9 Å². The third kappa shape index (κ3) is 3.24. The first-order valence-electron chi connectivity index (χ1n) is 7.51. The highest BCUT2D eigenvalue weighted by molar-refractivity contribution is 8.01. The van der Waals surface area contributed by atoms with Crippen molar-refractivity contribution in [1.82, 2.24) is 15.0 Å². The van der Waals surface area contributed by atoms with Crippen molar-refractivity contribution >= 4 is 23.1 Å². The number of rotatable bonds is 4. The largest absolute Gasteiger partial charge is 0.493 e. The summed E-state index contributed by atoms with van der Waals surface area (Å²) in [7, 11) is 0. The molecule has 0 saturated heterocycles. The second kappa shape index (κ2) is 6.62. The fourth-order valence-electron chi connectivity index (χ4n) is 2.48. The van der Waals surface area contributed by atoms with E-state index in [9.17, 15) is 9.90 Å². The van der Waals surface area contributed by atoms with Gasteiger partial charge in [-0.15, -0.1) is 0 Å². The maximum atomic E-state index is 11.4. The Hall–Kier alpha value is -2.77. The highest BCUT2D eigenvalue weighted by atomic mass is 32.2. The van der Waals surface area contributed by atoms with Crippen LogP contribution in [-0.2, 0) is 0 Å². The normalized spacial score (nSPS) is 10.9. The Morgan fingerprint density at radius 1 is 0.920 bits per heavy atom. The van der Waals surface area contributed by atoms with Crippen LogP contribution < -0.4 is 4.87 Å². The van der Waals surface area contributed by atoms with Gasteiger partial charge in [0.25, 0.3) is 0 Å². The maximum absolute atomic E-state index is 11.4. The van der Waals surface area contributed by atoms with Crippen LogP contribution in [-0.4, -0.2) is 20.1 Å². The van der Waals surface area contributed by atoms with Gasteiger partial charge in [0.2, 0.25) is 5.88 Å². The van der Waals surface area contributed by atoms with Crippen LogP contribution in [0.2, 0.25) is 0 Å². The predicted octanol–water partition coefficient (Wildman–Crippen LogP) is 4.35. The zero-order valence-electron chi connectivity index (χ0n) is 12.9. The van der Waals surface area contributed by atoms with Gasteiger partial charge in [-0.2, -0.15) is 0 Å². The number of H-pyrrole nitrogens is 2. The molecule has 0 spiro atoms. The van der Waals surface area contributed by atoms with Crippen LogP contribution in [0.3, 0.4) is 0 Å². The topological polar surface area (TPSA) is 81.8 Å². The Labute approximate surface area is 151 Å². The van der Waals surface area contributed by atoms with Crippen molar-refractivity contribution in [3.05, 3.63) is 70.3 Å². The zero-order valence-corrected chi connectivity index (χ0v) is 14.5. The van der Waals surface area contributed by atoms with E-state index in [1.165, 1.54) is 11.8 Å². The molecule has 0 unspecified atom stereocenters. The summed E-state index contributed by atoms with van der Waals surface area (Å²) < 4.78 is 0.484. The lowest BCUT2D eigenvalue weighted by Crippen LogP contribution is -1.89. The Morgan fingerprint density at radius 3 is 2.16 bits per heavy atom. The smallest absolute Gasteiger partial charge is 0.308 e. The minimum atomic E-state index is -0.293. The van der Waals surface area contributed by atoms with Gasteiger partial charge in [-0.25, -0.2) is 4.98 Å². The van der Waals surface area contributed by atoms with E-state index in [2.05, 4.69) is 15.0 Å². The van der Waals surface area contributed by atoms with E-state index in [0.29, 0.717) is 9.37 Å². The van der Waals surface area contributed by atoms with E-state index in [4.69, 9.17) is 0 Å². The molecule has 0 radical (unpaired) electrons. The summed E-state index contributed by atoms with van der Waals surface area (Å²) in [6.07, 6.45) is 0. The third-order valence-corrected chi connectivity index (χ3v) is 5.51. The molecule has 2 aromatic carbocycles. The number of nitrogens with zero attached hydrogens (tertiary/aromatic N) is 1. The van der Waals surface area contributed by atoms with Crippen LogP contribution in [0.25, 0.3) is 22.5 Å². The number of aromatic nitrogens is 3. The van der Waals surface area contributed by atoms with Crippen molar-refractivity contribution < 1.29 is 5.11 Å². The minimum absolute atomic E-state index is 0.126. The van der Waals surface area contributed by atoms with Crippen LogP contribution >= 0.6 is 23.1 Å². The number of aromatic hydroxyl groups is 1. The van der Waals surface area contributed by atoms with Gasteiger partial charge in [0.05, 0.1) is 11.4 Å². The molecular formula is C18H13N3O2S2. The average Bonchev–Trinajstić information content (AvgIpc) is 3.20. The zero-order chi connectivity index (χ0) is 17.2. The molecule has 2 heterocycles. The van der Waals surface area contributed by atoms with Crippen LogP contribution in [0.4, 0.5) is 0 Å². The number of benzene rings is 2. The molecule has 25 heavy (non-hydrogen) atoms. The molecule has 0 aliphatic rings. The lowest BCUT2D eigenvalue weighted by Gasteiger charge is -2.02. The number of nitrogens with one attached hydrogen (secondary N) is 2. The van der Waals surface area contributed by atoms with Crippen molar-refractivity contribution in [1.29, 1.82) is 0 Å². The van der Waals surface area contributed by atoms with E-state index >= 15 is 0 Å². The number of thiazole rings is 1. The molecule has 0 atom stereocenters. The SMILES string of the molecule is O=c1[nH]c(O)c(Sc2nc(-c3ccccc3)c(-c3ccccc3)[nH]2)s1. The molecule has 0 bridgehead atoms. The molecule has 0 aliphatic heterocycles. The molecule has 5 nitrogen and oxygen atoms in total. The Bertz CT molecular complexity index is 996. The van der Waals surface area contributed by atoms with Crippen molar-refractivity contribution in [3.8, 4) is 28.4 Å². The predicted molar refractivity (Wildman–Crippen MR) is 100 cm³/mol. The van der Waals surface area contributed by atoms with E-state index < -0.39 is 0 Å². The van der Waals surface area contributed by atoms with Gasteiger partial charge < -0.3 is 10.1 Å². The number of hydrogen-bond acceptors (Lipinski definition) is 5. The first-order valence-corrected chi connectivity index (χ1v) is 9.15. The molecule has 4 aromatic rings. The molecule has 0 fully saturated rings. The summed E-state index contributed by atoms with van der Waals surface area (Å²) in [5, 5.41) is 10.4. The van der Waals surface area contributed by atoms with Gasteiger partial charge in [0, 0.05) is 11.1 Å². The second-order valence-corrected chi connectivity index (χ2v) is 7.49. The van der Waals surface area contributed by atoms with Gasteiger partial charge in [-0.3, -0.25) is 9.78 Å². The Balaban J connectivity index is 1.81. The summed E-state index contributed by atoms with van der Waals surface area (Å²) in [4.78, 5) is 21.5. The highest BCUT2D eigenvalue weighted by Gasteiger charge is 2.17. The Morgan fingerprint density at radius 2 is 1.56 bits per heavy atom. The summed E-state index contributed by atoms with van der Waals surface area (Å²) in [6.45, 7) is 0. The summed E-state index contributed by atoms with van der Waals surface area (Å²) >= 11 is 2.19. The minimum Gasteiger partial charge on any atom is -0.493 e. The van der Waals surface area contributed by atoms with E-state index in [1.807, 2.05) is 60.7 Å². The molecule has 7 heteroatoms. The lowest BCUT2D eigenvalue weighted by atomic mass is 10.1. The molecular weight excluding hydrogens is 354 g/mol. The van der Waals surface area contributed by atoms with Crippen molar-refractivity contribution in [2.45, 2.75) is 9.37 Å². The molecule has 0 aliphatic carbocycles. The number of hydrogen-bond donors (Lipinski definition) is 3. The summed E-state index contributed by atoms with van der Waals surface area (Å²) in [6, 6.07) is 19.8. The monoisotopic (exact) mass is 367 g/mol. The fourth-order valence-corrected chi connectivity index (χ4v) is 4.19. The van der Waals surface area contributed by atoms with Gasteiger partial charge in [-0.05, 0) is 11.8 Å². The standard InChI is InChI=1S/C18H13N3O2S2/c22-15-16(25-18(23)21-15)24-17-19-13(11-7-3-1-4-8-11)14(20-17)12-9-5-2-6-10-12/h1-10,22H,(H,19,20)(H,21,23). The van der Waals surface area contributed by atoms with Crippen molar-refractivity contribution in [2.75, 3.05) is 0 Å². The average molecular weight is 367 g/mol. The van der Waals surface area contributed by atoms with Crippen LogP contribution in [0, 0.1) is 0 Å². The van der Waals surface area contributed by atoms with Gasteiger partial charge in [-0.1, -0.05) is 72.0 Å². The number of imidazole rings is 1. The second-order valence-electron chi connectivity index (χ2n) is 5.25. The molecule has 3 N–H and O–H groups in total. The first-order chi connectivity index (χ1) is 12.2. The molecule has 4 rings (SSSR count). The van der Waals surface area contributed by atoms with Gasteiger partial charge >= 0.3 is 4.87 Å². The highest BCUT2D eigenvalue weighted by Crippen LogP contribution is 2.38. The fraction of sp³-hybridized carbons (Fsp3) is 0. The van der Waals surface area contributed by atoms with Crippen molar-refractivity contribution in [3.63, 3.8) is 0 Å². The van der Waals surface area contributed by atoms with Crippen LogP contribution in [0.15, 0.2) is 74.8 Å². The van der Waals surface area contributed by atoms with Gasteiger partial charge in [0.1, 0.15) is 4.21 Å². The van der Waals surface area contributed by atoms with Crippen molar-refractivity contribution in [2.24, 2.45) is 0 Å². The van der Waals surface area contributed by atoms with Crippen LogP contribution in [0.1, 0.15) is 0 Å². The molecule has 124 valence electrons. The molecule has 0 saturated carbocycles.